The molecular weight excluding hydrogens is 186 g/mol. The Morgan fingerprint density at radius 1 is 1.53 bits per heavy atom. The third-order valence-corrected chi connectivity index (χ3v) is 3.48. The average molecular weight is 207 g/mol. The molecule has 1 heterocycles. The summed E-state index contributed by atoms with van der Waals surface area (Å²) >= 11 is 0. The summed E-state index contributed by atoms with van der Waals surface area (Å²) < 4.78 is 5.53. The molecule has 0 aromatic carbocycles. The van der Waals surface area contributed by atoms with E-state index in [9.17, 15) is 0 Å². The first-order valence-electron chi connectivity index (χ1n) is 6.08. The SMILES string of the molecule is CCNC(c1ccco1)C1CCC(C)C1. The third kappa shape index (κ3) is 2.43. The maximum atomic E-state index is 5.53. The molecular formula is C13H21NO. The molecule has 1 saturated carbocycles. The summed E-state index contributed by atoms with van der Waals surface area (Å²) in [6.07, 6.45) is 5.81. The summed E-state index contributed by atoms with van der Waals surface area (Å²) in [6.45, 7) is 5.52. The van der Waals surface area contributed by atoms with Crippen LogP contribution < -0.4 is 5.32 Å². The molecule has 2 rings (SSSR count). The van der Waals surface area contributed by atoms with Crippen molar-refractivity contribution in [2.75, 3.05) is 6.54 Å². The molecule has 0 spiro atoms. The fourth-order valence-electron chi connectivity index (χ4n) is 2.74. The van der Waals surface area contributed by atoms with Gasteiger partial charge < -0.3 is 9.73 Å². The zero-order valence-corrected chi connectivity index (χ0v) is 9.70. The van der Waals surface area contributed by atoms with E-state index in [1.165, 1.54) is 19.3 Å². The Bertz CT molecular complexity index is 281. The molecule has 3 unspecified atom stereocenters. The zero-order chi connectivity index (χ0) is 10.7. The fourth-order valence-corrected chi connectivity index (χ4v) is 2.74. The normalized spacial score (nSPS) is 28.1. The van der Waals surface area contributed by atoms with E-state index in [0.717, 1.165) is 24.1 Å². The van der Waals surface area contributed by atoms with Crippen LogP contribution in [0.2, 0.25) is 0 Å². The van der Waals surface area contributed by atoms with Crippen LogP contribution in [0.25, 0.3) is 0 Å². The minimum absolute atomic E-state index is 0.426. The van der Waals surface area contributed by atoms with Crippen LogP contribution in [0.3, 0.4) is 0 Å². The number of rotatable bonds is 4. The van der Waals surface area contributed by atoms with Gasteiger partial charge in [-0.1, -0.05) is 20.3 Å². The molecule has 1 N–H and O–H groups in total. The first-order chi connectivity index (χ1) is 7.31. The van der Waals surface area contributed by atoms with E-state index in [2.05, 4.69) is 25.2 Å². The molecule has 84 valence electrons. The lowest BCUT2D eigenvalue weighted by Gasteiger charge is -2.22. The summed E-state index contributed by atoms with van der Waals surface area (Å²) in [4.78, 5) is 0. The largest absolute Gasteiger partial charge is 0.468 e. The zero-order valence-electron chi connectivity index (χ0n) is 9.70. The van der Waals surface area contributed by atoms with Crippen molar-refractivity contribution in [1.82, 2.24) is 5.32 Å². The van der Waals surface area contributed by atoms with Crippen molar-refractivity contribution in [2.45, 2.75) is 39.2 Å². The lowest BCUT2D eigenvalue weighted by Crippen LogP contribution is -2.26. The molecule has 0 radical (unpaired) electrons. The monoisotopic (exact) mass is 207 g/mol. The second-order valence-corrected chi connectivity index (χ2v) is 4.73. The molecule has 15 heavy (non-hydrogen) atoms. The highest BCUT2D eigenvalue weighted by atomic mass is 16.3. The van der Waals surface area contributed by atoms with Gasteiger partial charge in [0.2, 0.25) is 0 Å². The van der Waals surface area contributed by atoms with Crippen molar-refractivity contribution in [1.29, 1.82) is 0 Å². The van der Waals surface area contributed by atoms with Crippen molar-refractivity contribution in [3.05, 3.63) is 24.2 Å². The van der Waals surface area contributed by atoms with E-state index in [1.807, 2.05) is 6.07 Å². The molecule has 1 aromatic rings. The smallest absolute Gasteiger partial charge is 0.120 e. The molecule has 1 aromatic heterocycles. The summed E-state index contributed by atoms with van der Waals surface area (Å²) in [5.74, 6) is 2.74. The van der Waals surface area contributed by atoms with Crippen LogP contribution in [-0.4, -0.2) is 6.54 Å². The van der Waals surface area contributed by atoms with Gasteiger partial charge >= 0.3 is 0 Å². The van der Waals surface area contributed by atoms with Gasteiger partial charge in [-0.3, -0.25) is 0 Å². The Balaban J connectivity index is 2.06. The Labute approximate surface area is 92.1 Å². The Hall–Kier alpha value is -0.760. The molecule has 0 bridgehead atoms. The van der Waals surface area contributed by atoms with Crippen molar-refractivity contribution < 1.29 is 4.42 Å². The molecule has 1 aliphatic rings. The topological polar surface area (TPSA) is 25.2 Å². The molecule has 0 amide bonds. The van der Waals surface area contributed by atoms with Crippen LogP contribution in [0, 0.1) is 11.8 Å². The van der Waals surface area contributed by atoms with Crippen molar-refractivity contribution in [2.24, 2.45) is 11.8 Å². The second kappa shape index (κ2) is 4.84. The maximum absolute atomic E-state index is 5.53. The predicted molar refractivity (Wildman–Crippen MR) is 61.6 cm³/mol. The van der Waals surface area contributed by atoms with Crippen LogP contribution in [-0.2, 0) is 0 Å². The Morgan fingerprint density at radius 2 is 2.40 bits per heavy atom. The van der Waals surface area contributed by atoms with E-state index >= 15 is 0 Å². The quantitative estimate of drug-likeness (QED) is 0.819. The number of nitrogens with one attached hydrogen (secondary N) is 1. The lowest BCUT2D eigenvalue weighted by molar-refractivity contribution is 0.311. The minimum Gasteiger partial charge on any atom is -0.468 e. The van der Waals surface area contributed by atoms with Gasteiger partial charge in [0, 0.05) is 0 Å². The van der Waals surface area contributed by atoms with E-state index < -0.39 is 0 Å². The van der Waals surface area contributed by atoms with Crippen LogP contribution in [0.1, 0.15) is 44.9 Å². The van der Waals surface area contributed by atoms with Gasteiger partial charge in [0.1, 0.15) is 5.76 Å². The van der Waals surface area contributed by atoms with Crippen molar-refractivity contribution >= 4 is 0 Å². The second-order valence-electron chi connectivity index (χ2n) is 4.73. The molecule has 0 saturated heterocycles. The van der Waals surface area contributed by atoms with E-state index in [0.29, 0.717) is 6.04 Å². The summed E-state index contributed by atoms with van der Waals surface area (Å²) in [6, 6.07) is 4.50. The first kappa shape index (κ1) is 10.7. The third-order valence-electron chi connectivity index (χ3n) is 3.48. The van der Waals surface area contributed by atoms with E-state index in [1.54, 1.807) is 6.26 Å². The van der Waals surface area contributed by atoms with E-state index in [-0.39, 0.29) is 0 Å². The number of furan rings is 1. The number of hydrogen-bond acceptors (Lipinski definition) is 2. The standard InChI is InChI=1S/C13H21NO/c1-3-14-13(12-5-4-8-15-12)11-7-6-10(2)9-11/h4-5,8,10-11,13-14H,3,6-7,9H2,1-2H3. The highest BCUT2D eigenvalue weighted by Crippen LogP contribution is 2.38. The van der Waals surface area contributed by atoms with Gasteiger partial charge in [-0.25, -0.2) is 0 Å². The molecule has 3 atom stereocenters. The summed E-state index contributed by atoms with van der Waals surface area (Å²) in [5.41, 5.74) is 0. The van der Waals surface area contributed by atoms with Crippen molar-refractivity contribution in [3.63, 3.8) is 0 Å². The minimum atomic E-state index is 0.426. The first-order valence-corrected chi connectivity index (χ1v) is 6.08. The molecule has 1 aliphatic carbocycles. The summed E-state index contributed by atoms with van der Waals surface area (Å²) in [7, 11) is 0. The molecule has 2 nitrogen and oxygen atoms in total. The Morgan fingerprint density at radius 3 is 2.93 bits per heavy atom. The fraction of sp³-hybridized carbons (Fsp3) is 0.692. The molecule has 1 fully saturated rings. The molecule has 0 aliphatic heterocycles. The van der Waals surface area contributed by atoms with Crippen LogP contribution in [0.5, 0.6) is 0 Å². The van der Waals surface area contributed by atoms with Gasteiger partial charge in [-0.05, 0) is 43.4 Å². The number of hydrogen-bond donors (Lipinski definition) is 1. The highest BCUT2D eigenvalue weighted by molar-refractivity contribution is 5.07. The molecule has 2 heteroatoms. The van der Waals surface area contributed by atoms with Gasteiger partial charge in [0.05, 0.1) is 12.3 Å². The maximum Gasteiger partial charge on any atom is 0.120 e. The van der Waals surface area contributed by atoms with Gasteiger partial charge in [-0.15, -0.1) is 0 Å². The van der Waals surface area contributed by atoms with Crippen LogP contribution in [0.4, 0.5) is 0 Å². The van der Waals surface area contributed by atoms with Crippen LogP contribution >= 0.6 is 0 Å². The predicted octanol–water partition coefficient (Wildman–Crippen LogP) is 3.37. The van der Waals surface area contributed by atoms with Gasteiger partial charge in [0.25, 0.3) is 0 Å². The van der Waals surface area contributed by atoms with Gasteiger partial charge in [0.15, 0.2) is 0 Å². The highest BCUT2D eigenvalue weighted by Gasteiger charge is 2.30. The Kier molecular flexibility index (Phi) is 3.47. The van der Waals surface area contributed by atoms with Crippen LogP contribution in [0.15, 0.2) is 22.8 Å². The summed E-state index contributed by atoms with van der Waals surface area (Å²) in [5, 5.41) is 3.55. The average Bonchev–Trinajstić information content (AvgIpc) is 2.85. The lowest BCUT2D eigenvalue weighted by atomic mass is 9.95. The van der Waals surface area contributed by atoms with Crippen molar-refractivity contribution in [3.8, 4) is 0 Å². The van der Waals surface area contributed by atoms with E-state index in [4.69, 9.17) is 4.42 Å². The van der Waals surface area contributed by atoms with Gasteiger partial charge in [-0.2, -0.15) is 0 Å².